The first-order valence-electron chi connectivity index (χ1n) is 5.85. The Morgan fingerprint density at radius 1 is 1.36 bits per heavy atom. The fraction of sp³-hybridized carbons (Fsp3) is 0.833. The van der Waals surface area contributed by atoms with E-state index in [4.69, 9.17) is 0 Å². The largest absolute Gasteiger partial charge is 0.315 e. The molecule has 14 heavy (non-hydrogen) atoms. The lowest BCUT2D eigenvalue weighted by Crippen LogP contribution is -2.42. The van der Waals surface area contributed by atoms with E-state index in [1.54, 1.807) is 0 Å². The van der Waals surface area contributed by atoms with Gasteiger partial charge in [-0.2, -0.15) is 0 Å². The van der Waals surface area contributed by atoms with Gasteiger partial charge in [0.25, 0.3) is 0 Å². The van der Waals surface area contributed by atoms with Crippen LogP contribution < -0.4 is 5.32 Å². The molecule has 0 aromatic rings. The zero-order valence-corrected chi connectivity index (χ0v) is 10.1. The van der Waals surface area contributed by atoms with Gasteiger partial charge in [-0.05, 0) is 25.9 Å². The Labute approximate surface area is 89.4 Å². The Hall–Kier alpha value is -0.340. The van der Waals surface area contributed by atoms with E-state index in [1.807, 2.05) is 6.08 Å². The first-order valence-corrected chi connectivity index (χ1v) is 5.85. The summed E-state index contributed by atoms with van der Waals surface area (Å²) in [5.41, 5.74) is 0. The summed E-state index contributed by atoms with van der Waals surface area (Å²) in [7, 11) is 0. The van der Waals surface area contributed by atoms with Gasteiger partial charge in [0.15, 0.2) is 0 Å². The normalized spacial score (nSPS) is 13.1. The predicted molar refractivity (Wildman–Crippen MR) is 64.7 cm³/mol. The van der Waals surface area contributed by atoms with Crippen molar-refractivity contribution in [3.63, 3.8) is 0 Å². The number of hydrogen-bond acceptors (Lipinski definition) is 2. The summed E-state index contributed by atoms with van der Waals surface area (Å²) in [5, 5.41) is 3.42. The van der Waals surface area contributed by atoms with Gasteiger partial charge in [-0.15, -0.1) is 6.58 Å². The Morgan fingerprint density at radius 3 is 2.50 bits per heavy atom. The van der Waals surface area contributed by atoms with Crippen LogP contribution in [0.15, 0.2) is 12.7 Å². The van der Waals surface area contributed by atoms with Gasteiger partial charge < -0.3 is 5.32 Å². The predicted octanol–water partition coefficient (Wildman–Crippen LogP) is 2.27. The maximum absolute atomic E-state index is 3.82. The standard InChI is InChI=1S/C12H26N2/c1-5-9-14(10-6-2)12(7-3)11-13-8-4/h5,12-13H,1,6-11H2,2-4H3. The van der Waals surface area contributed by atoms with E-state index in [2.05, 4.69) is 37.6 Å². The van der Waals surface area contributed by atoms with Crippen molar-refractivity contribution in [3.8, 4) is 0 Å². The smallest absolute Gasteiger partial charge is 0.0221 e. The van der Waals surface area contributed by atoms with Crippen LogP contribution in [0.2, 0.25) is 0 Å². The highest BCUT2D eigenvalue weighted by Gasteiger charge is 2.13. The summed E-state index contributed by atoms with van der Waals surface area (Å²) in [6.45, 7) is 14.8. The van der Waals surface area contributed by atoms with Gasteiger partial charge in [-0.25, -0.2) is 0 Å². The molecule has 0 aliphatic rings. The van der Waals surface area contributed by atoms with Crippen LogP contribution in [0.5, 0.6) is 0 Å². The van der Waals surface area contributed by atoms with E-state index in [0.29, 0.717) is 6.04 Å². The van der Waals surface area contributed by atoms with Crippen molar-refractivity contribution >= 4 is 0 Å². The summed E-state index contributed by atoms with van der Waals surface area (Å²) in [6.07, 6.45) is 4.43. The van der Waals surface area contributed by atoms with Gasteiger partial charge in [-0.3, -0.25) is 4.90 Å². The highest BCUT2D eigenvalue weighted by Crippen LogP contribution is 2.04. The van der Waals surface area contributed by atoms with E-state index < -0.39 is 0 Å². The molecular weight excluding hydrogens is 172 g/mol. The summed E-state index contributed by atoms with van der Waals surface area (Å²) in [4.78, 5) is 2.51. The Morgan fingerprint density at radius 2 is 2.07 bits per heavy atom. The second-order valence-electron chi connectivity index (χ2n) is 3.65. The fourth-order valence-corrected chi connectivity index (χ4v) is 1.72. The van der Waals surface area contributed by atoms with E-state index in [9.17, 15) is 0 Å². The monoisotopic (exact) mass is 198 g/mol. The Bertz CT molecular complexity index is 134. The van der Waals surface area contributed by atoms with Crippen LogP contribution in [-0.4, -0.2) is 37.1 Å². The minimum atomic E-state index is 0.660. The lowest BCUT2D eigenvalue weighted by Gasteiger charge is -2.29. The summed E-state index contributed by atoms with van der Waals surface area (Å²) < 4.78 is 0. The third kappa shape index (κ3) is 5.40. The van der Waals surface area contributed by atoms with E-state index in [-0.39, 0.29) is 0 Å². The summed E-state index contributed by atoms with van der Waals surface area (Å²) >= 11 is 0. The average molecular weight is 198 g/mol. The molecule has 0 spiro atoms. The zero-order chi connectivity index (χ0) is 10.8. The van der Waals surface area contributed by atoms with Gasteiger partial charge in [-0.1, -0.05) is 26.8 Å². The number of nitrogens with one attached hydrogen (secondary N) is 1. The van der Waals surface area contributed by atoms with E-state index in [0.717, 1.165) is 19.6 Å². The van der Waals surface area contributed by atoms with Crippen LogP contribution in [-0.2, 0) is 0 Å². The van der Waals surface area contributed by atoms with Crippen LogP contribution >= 0.6 is 0 Å². The molecule has 0 amide bonds. The average Bonchev–Trinajstić information content (AvgIpc) is 2.19. The van der Waals surface area contributed by atoms with Crippen molar-refractivity contribution < 1.29 is 0 Å². The maximum Gasteiger partial charge on any atom is 0.0221 e. The molecule has 2 heteroatoms. The maximum atomic E-state index is 3.82. The van der Waals surface area contributed by atoms with Crippen LogP contribution in [0.1, 0.15) is 33.6 Å². The molecule has 0 aliphatic carbocycles. The fourth-order valence-electron chi connectivity index (χ4n) is 1.72. The number of likely N-dealkylation sites (N-methyl/N-ethyl adjacent to an activating group) is 1. The molecule has 1 atom stereocenters. The molecule has 0 bridgehead atoms. The molecule has 0 saturated carbocycles. The zero-order valence-electron chi connectivity index (χ0n) is 10.1. The molecule has 0 aliphatic heterocycles. The molecule has 0 aromatic carbocycles. The third-order valence-corrected chi connectivity index (χ3v) is 2.49. The van der Waals surface area contributed by atoms with Crippen LogP contribution in [0.25, 0.3) is 0 Å². The molecule has 0 rings (SSSR count). The van der Waals surface area contributed by atoms with Crippen molar-refractivity contribution in [3.05, 3.63) is 12.7 Å². The van der Waals surface area contributed by atoms with Crippen molar-refractivity contribution in [1.82, 2.24) is 10.2 Å². The molecule has 84 valence electrons. The quantitative estimate of drug-likeness (QED) is 0.572. The second kappa shape index (κ2) is 9.22. The number of nitrogens with zero attached hydrogens (tertiary/aromatic N) is 1. The third-order valence-electron chi connectivity index (χ3n) is 2.49. The van der Waals surface area contributed by atoms with Crippen LogP contribution in [0.3, 0.4) is 0 Å². The molecule has 0 heterocycles. The SMILES string of the molecule is C=CCN(CCC)C(CC)CNCC. The minimum absolute atomic E-state index is 0.660. The number of rotatable bonds is 9. The minimum Gasteiger partial charge on any atom is -0.315 e. The van der Waals surface area contributed by atoms with Gasteiger partial charge >= 0.3 is 0 Å². The molecule has 1 N–H and O–H groups in total. The van der Waals surface area contributed by atoms with Gasteiger partial charge in [0.05, 0.1) is 0 Å². The molecular formula is C12H26N2. The lowest BCUT2D eigenvalue weighted by molar-refractivity contribution is 0.207. The number of hydrogen-bond donors (Lipinski definition) is 1. The van der Waals surface area contributed by atoms with Crippen LogP contribution in [0, 0.1) is 0 Å². The highest BCUT2D eigenvalue weighted by atomic mass is 15.2. The second-order valence-corrected chi connectivity index (χ2v) is 3.65. The molecule has 0 saturated heterocycles. The highest BCUT2D eigenvalue weighted by molar-refractivity contribution is 4.79. The molecule has 0 radical (unpaired) electrons. The molecule has 0 fully saturated rings. The van der Waals surface area contributed by atoms with Crippen molar-refractivity contribution in [2.75, 3.05) is 26.2 Å². The topological polar surface area (TPSA) is 15.3 Å². The van der Waals surface area contributed by atoms with Crippen molar-refractivity contribution in [2.45, 2.75) is 39.7 Å². The van der Waals surface area contributed by atoms with Gasteiger partial charge in [0.1, 0.15) is 0 Å². The van der Waals surface area contributed by atoms with Gasteiger partial charge in [0.2, 0.25) is 0 Å². The van der Waals surface area contributed by atoms with Crippen molar-refractivity contribution in [1.29, 1.82) is 0 Å². The first kappa shape index (κ1) is 13.7. The van der Waals surface area contributed by atoms with E-state index in [1.165, 1.54) is 19.4 Å². The first-order chi connectivity index (χ1) is 6.79. The molecule has 0 aromatic heterocycles. The van der Waals surface area contributed by atoms with E-state index >= 15 is 0 Å². The Balaban J connectivity index is 4.02. The van der Waals surface area contributed by atoms with Crippen molar-refractivity contribution in [2.24, 2.45) is 0 Å². The summed E-state index contributed by atoms with van der Waals surface area (Å²) in [6, 6.07) is 0.660. The summed E-state index contributed by atoms with van der Waals surface area (Å²) in [5.74, 6) is 0. The lowest BCUT2D eigenvalue weighted by atomic mass is 10.1. The van der Waals surface area contributed by atoms with Gasteiger partial charge in [0, 0.05) is 19.1 Å². The van der Waals surface area contributed by atoms with Crippen LogP contribution in [0.4, 0.5) is 0 Å². The Kier molecular flexibility index (Phi) is 9.00. The molecule has 1 unspecified atom stereocenters. The molecule has 2 nitrogen and oxygen atoms in total.